The highest BCUT2D eigenvalue weighted by atomic mass is 79.9. The largest absolute Gasteiger partial charge is 0.372 e. The topological polar surface area (TPSA) is 69.6 Å². The van der Waals surface area contributed by atoms with E-state index < -0.39 is 23.2 Å². The zero-order valence-corrected chi connectivity index (χ0v) is 14.8. The number of anilines is 1. The van der Waals surface area contributed by atoms with Crippen molar-refractivity contribution >= 4 is 33.4 Å². The Hall–Kier alpha value is -2.25. The Kier molecular flexibility index (Phi) is 4.87. The van der Waals surface area contributed by atoms with Crippen molar-refractivity contribution in [3.8, 4) is 0 Å². The van der Waals surface area contributed by atoms with Crippen LogP contribution in [0.2, 0.25) is 0 Å². The van der Waals surface area contributed by atoms with Crippen LogP contribution in [0.4, 0.5) is 10.1 Å². The quantitative estimate of drug-likeness (QED) is 0.765. The summed E-state index contributed by atoms with van der Waals surface area (Å²) in [7, 11) is 0. The number of benzene rings is 2. The van der Waals surface area contributed by atoms with Crippen LogP contribution in [0.3, 0.4) is 0 Å². The Morgan fingerprint density at radius 2 is 2.00 bits per heavy atom. The minimum Gasteiger partial charge on any atom is -0.372 e. The number of nitrogens with one attached hydrogen (secondary N) is 1. The van der Waals surface area contributed by atoms with E-state index in [1.807, 2.05) is 24.3 Å². The van der Waals surface area contributed by atoms with Crippen LogP contribution in [0, 0.1) is 5.82 Å². The molecule has 2 aromatic carbocycles. The summed E-state index contributed by atoms with van der Waals surface area (Å²) in [6, 6.07) is 12.7. The molecule has 2 N–H and O–H groups in total. The van der Waals surface area contributed by atoms with E-state index in [9.17, 15) is 19.1 Å². The average molecular weight is 407 g/mol. The summed E-state index contributed by atoms with van der Waals surface area (Å²) in [5.74, 6) is -1.86. The van der Waals surface area contributed by atoms with Gasteiger partial charge in [0.25, 0.3) is 11.8 Å². The van der Waals surface area contributed by atoms with Gasteiger partial charge in [0.05, 0.1) is 0 Å². The summed E-state index contributed by atoms with van der Waals surface area (Å²) < 4.78 is 13.9. The van der Waals surface area contributed by atoms with Gasteiger partial charge in [0.2, 0.25) is 5.60 Å². The third kappa shape index (κ3) is 3.57. The third-order valence-corrected chi connectivity index (χ3v) is 4.65. The van der Waals surface area contributed by atoms with Crippen LogP contribution in [0.25, 0.3) is 0 Å². The van der Waals surface area contributed by atoms with E-state index in [0.717, 1.165) is 10.0 Å². The number of aliphatic hydroxyl groups is 1. The number of amides is 2. The standard InChI is InChI=1S/C18H16BrFN2O3/c19-13-3-1-2-12(10-13)11-21-16(23)18(25)8-9-22(17(18)24)15-6-4-14(20)5-7-15/h1-7,10,25H,8-9,11H2,(H,21,23)/t18-/m1/s1. The molecule has 25 heavy (non-hydrogen) atoms. The average Bonchev–Trinajstić information content (AvgIpc) is 2.90. The second-order valence-corrected chi connectivity index (χ2v) is 6.77. The number of hydrogen-bond acceptors (Lipinski definition) is 3. The third-order valence-electron chi connectivity index (χ3n) is 4.15. The summed E-state index contributed by atoms with van der Waals surface area (Å²) in [5, 5.41) is 13.2. The van der Waals surface area contributed by atoms with Gasteiger partial charge in [-0.25, -0.2) is 4.39 Å². The van der Waals surface area contributed by atoms with Crippen molar-refractivity contribution in [3.05, 3.63) is 64.4 Å². The molecule has 0 spiro atoms. The molecule has 130 valence electrons. The molecule has 1 heterocycles. The van der Waals surface area contributed by atoms with Crippen LogP contribution in [0.1, 0.15) is 12.0 Å². The molecule has 3 rings (SSSR count). The van der Waals surface area contributed by atoms with Crippen LogP contribution in [0.15, 0.2) is 53.0 Å². The molecule has 1 saturated heterocycles. The minimum absolute atomic E-state index is 0.0203. The predicted octanol–water partition coefficient (Wildman–Crippen LogP) is 2.37. The summed E-state index contributed by atoms with van der Waals surface area (Å²) in [5.41, 5.74) is -0.824. The summed E-state index contributed by atoms with van der Waals surface area (Å²) in [6.07, 6.45) is -0.0203. The zero-order chi connectivity index (χ0) is 18.0. The lowest BCUT2D eigenvalue weighted by atomic mass is 10.0. The molecule has 1 aliphatic rings. The van der Waals surface area contributed by atoms with Crippen molar-refractivity contribution in [1.82, 2.24) is 5.32 Å². The lowest BCUT2D eigenvalue weighted by Gasteiger charge is -2.21. The fourth-order valence-electron chi connectivity index (χ4n) is 2.76. The highest BCUT2D eigenvalue weighted by Crippen LogP contribution is 2.28. The molecule has 0 unspecified atom stereocenters. The van der Waals surface area contributed by atoms with Crippen molar-refractivity contribution in [1.29, 1.82) is 0 Å². The molecular weight excluding hydrogens is 391 g/mol. The minimum atomic E-state index is -2.11. The van der Waals surface area contributed by atoms with E-state index in [4.69, 9.17) is 0 Å². The van der Waals surface area contributed by atoms with Crippen LogP contribution < -0.4 is 10.2 Å². The fourth-order valence-corrected chi connectivity index (χ4v) is 3.21. The van der Waals surface area contributed by atoms with Crippen molar-refractivity contribution in [2.24, 2.45) is 0 Å². The lowest BCUT2D eigenvalue weighted by Crippen LogP contribution is -2.52. The zero-order valence-electron chi connectivity index (χ0n) is 13.2. The fraction of sp³-hybridized carbons (Fsp3) is 0.222. The molecule has 1 atom stereocenters. The van der Waals surface area contributed by atoms with Crippen LogP contribution in [-0.4, -0.2) is 29.1 Å². The van der Waals surface area contributed by atoms with Crippen molar-refractivity contribution in [2.75, 3.05) is 11.4 Å². The van der Waals surface area contributed by atoms with Gasteiger partial charge in [0.15, 0.2) is 0 Å². The lowest BCUT2D eigenvalue weighted by molar-refractivity contribution is -0.149. The molecule has 5 nitrogen and oxygen atoms in total. The normalized spacial score (nSPS) is 20.0. The summed E-state index contributed by atoms with van der Waals surface area (Å²) >= 11 is 3.34. The maximum atomic E-state index is 13.0. The summed E-state index contributed by atoms with van der Waals surface area (Å²) in [4.78, 5) is 26.2. The Morgan fingerprint density at radius 1 is 1.28 bits per heavy atom. The molecule has 0 bridgehead atoms. The van der Waals surface area contributed by atoms with Gasteiger partial charge in [-0.2, -0.15) is 0 Å². The molecule has 7 heteroatoms. The van der Waals surface area contributed by atoms with Gasteiger partial charge in [-0.1, -0.05) is 28.1 Å². The molecule has 0 aromatic heterocycles. The van der Waals surface area contributed by atoms with Crippen molar-refractivity contribution < 1.29 is 19.1 Å². The van der Waals surface area contributed by atoms with Gasteiger partial charge < -0.3 is 15.3 Å². The number of nitrogens with zero attached hydrogens (tertiary/aromatic N) is 1. The van der Waals surface area contributed by atoms with Crippen molar-refractivity contribution in [3.63, 3.8) is 0 Å². The van der Waals surface area contributed by atoms with E-state index in [1.54, 1.807) is 0 Å². The highest BCUT2D eigenvalue weighted by molar-refractivity contribution is 9.10. The Balaban J connectivity index is 1.69. The number of carbonyl (C=O) groups is 2. The Morgan fingerprint density at radius 3 is 2.68 bits per heavy atom. The summed E-state index contributed by atoms with van der Waals surface area (Å²) in [6.45, 7) is 0.385. The number of hydrogen-bond donors (Lipinski definition) is 2. The van der Waals surface area contributed by atoms with E-state index in [2.05, 4.69) is 21.2 Å². The van der Waals surface area contributed by atoms with Crippen LogP contribution >= 0.6 is 15.9 Å². The predicted molar refractivity (Wildman–Crippen MR) is 94.3 cm³/mol. The van der Waals surface area contributed by atoms with E-state index in [1.165, 1.54) is 29.2 Å². The SMILES string of the molecule is O=C(NCc1cccc(Br)c1)[C@]1(O)CCN(c2ccc(F)cc2)C1=O. The van der Waals surface area contributed by atoms with E-state index in [-0.39, 0.29) is 19.5 Å². The molecule has 1 aliphatic heterocycles. The van der Waals surface area contributed by atoms with E-state index >= 15 is 0 Å². The van der Waals surface area contributed by atoms with Gasteiger partial charge in [-0.15, -0.1) is 0 Å². The molecule has 2 amide bonds. The van der Waals surface area contributed by atoms with Crippen LogP contribution in [-0.2, 0) is 16.1 Å². The highest BCUT2D eigenvalue weighted by Gasteiger charge is 2.51. The molecule has 0 aliphatic carbocycles. The van der Waals surface area contributed by atoms with Gasteiger partial charge in [0.1, 0.15) is 5.82 Å². The molecule has 2 aromatic rings. The van der Waals surface area contributed by atoms with Gasteiger partial charge in [-0.05, 0) is 42.0 Å². The number of halogens is 2. The second-order valence-electron chi connectivity index (χ2n) is 5.86. The number of carbonyl (C=O) groups excluding carboxylic acids is 2. The maximum Gasteiger partial charge on any atom is 0.268 e. The van der Waals surface area contributed by atoms with Gasteiger partial charge in [0, 0.05) is 29.7 Å². The molecule has 1 fully saturated rings. The first-order valence-corrected chi connectivity index (χ1v) is 8.52. The first-order chi connectivity index (χ1) is 11.9. The van der Waals surface area contributed by atoms with Crippen molar-refractivity contribution in [2.45, 2.75) is 18.6 Å². The maximum absolute atomic E-state index is 13.0. The van der Waals surface area contributed by atoms with Gasteiger partial charge in [-0.3, -0.25) is 9.59 Å². The first-order valence-electron chi connectivity index (χ1n) is 7.73. The Labute approximate surface area is 152 Å². The first kappa shape index (κ1) is 17.6. The molecule has 0 saturated carbocycles. The van der Waals surface area contributed by atoms with E-state index in [0.29, 0.717) is 5.69 Å². The monoisotopic (exact) mass is 406 g/mol. The second kappa shape index (κ2) is 6.93. The number of rotatable bonds is 4. The van der Waals surface area contributed by atoms with Crippen LogP contribution in [0.5, 0.6) is 0 Å². The molecule has 0 radical (unpaired) electrons. The van der Waals surface area contributed by atoms with Gasteiger partial charge >= 0.3 is 0 Å². The Bertz CT molecular complexity index is 812. The smallest absolute Gasteiger partial charge is 0.268 e. The molecular formula is C18H16BrFN2O3.